The van der Waals surface area contributed by atoms with E-state index in [1.54, 1.807) is 6.07 Å². The molecule has 13 heteroatoms. The Hall–Kier alpha value is -4.28. The summed E-state index contributed by atoms with van der Waals surface area (Å²) in [6.07, 6.45) is 0. The van der Waals surface area contributed by atoms with E-state index in [9.17, 15) is 28.1 Å². The van der Waals surface area contributed by atoms with E-state index in [1.165, 1.54) is 42.5 Å². The summed E-state index contributed by atoms with van der Waals surface area (Å²) >= 11 is 0. The van der Waals surface area contributed by atoms with Crippen molar-refractivity contribution in [2.45, 2.75) is 4.90 Å². The normalized spacial score (nSPS) is 11.7. The SMILES string of the molecule is N#CC(=NNc1cccc2c(=O)[nH][nH]c(=O)c12)C(=O)Nc1ccc(S(N)(=O)=O)cc1. The lowest BCUT2D eigenvalue weighted by atomic mass is 10.1. The van der Waals surface area contributed by atoms with Gasteiger partial charge in [-0.3, -0.25) is 30.0 Å². The predicted molar refractivity (Wildman–Crippen MR) is 108 cm³/mol. The molecule has 3 rings (SSSR count). The predicted octanol–water partition coefficient (Wildman–Crippen LogP) is -0.206. The van der Waals surface area contributed by atoms with Crippen LogP contribution in [0, 0.1) is 11.3 Å². The maximum absolute atomic E-state index is 12.3. The molecular weight excluding hydrogens is 414 g/mol. The van der Waals surface area contributed by atoms with Crippen molar-refractivity contribution in [3.05, 3.63) is 63.2 Å². The molecule has 0 aliphatic rings. The van der Waals surface area contributed by atoms with E-state index >= 15 is 0 Å². The number of primary sulfonamides is 1. The second-order valence-corrected chi connectivity index (χ2v) is 7.41. The van der Waals surface area contributed by atoms with Crippen LogP contribution in [0.5, 0.6) is 0 Å². The van der Waals surface area contributed by atoms with Gasteiger partial charge in [0.2, 0.25) is 15.7 Å². The fourth-order valence-corrected chi connectivity index (χ4v) is 3.00. The van der Waals surface area contributed by atoms with E-state index in [0.29, 0.717) is 0 Å². The molecule has 3 aromatic rings. The average Bonchev–Trinajstić information content (AvgIpc) is 2.71. The van der Waals surface area contributed by atoms with E-state index in [1.807, 2.05) is 0 Å². The first kappa shape index (κ1) is 20.5. The lowest BCUT2D eigenvalue weighted by molar-refractivity contribution is -0.110. The number of anilines is 2. The molecule has 0 spiro atoms. The van der Waals surface area contributed by atoms with Gasteiger partial charge in [0, 0.05) is 5.69 Å². The first-order valence-electron chi connectivity index (χ1n) is 8.12. The van der Waals surface area contributed by atoms with Gasteiger partial charge in [0.05, 0.1) is 21.4 Å². The summed E-state index contributed by atoms with van der Waals surface area (Å²) in [4.78, 5) is 36.0. The molecule has 12 nitrogen and oxygen atoms in total. The third-order valence-electron chi connectivity index (χ3n) is 3.88. The smallest absolute Gasteiger partial charge is 0.287 e. The zero-order valence-corrected chi connectivity index (χ0v) is 15.8. The number of nitriles is 1. The van der Waals surface area contributed by atoms with Gasteiger partial charge in [-0.05, 0) is 36.4 Å². The van der Waals surface area contributed by atoms with Crippen LogP contribution in [0.3, 0.4) is 0 Å². The molecule has 0 aliphatic carbocycles. The summed E-state index contributed by atoms with van der Waals surface area (Å²) in [5, 5.41) is 24.7. The number of benzene rings is 2. The van der Waals surface area contributed by atoms with Crippen LogP contribution < -0.4 is 27.0 Å². The number of aromatic amines is 2. The number of fused-ring (bicyclic) bond motifs is 1. The number of nitrogens with zero attached hydrogens (tertiary/aromatic N) is 2. The summed E-state index contributed by atoms with van der Waals surface area (Å²) in [5.74, 6) is -0.889. The number of sulfonamides is 1. The Morgan fingerprint density at radius 2 is 1.73 bits per heavy atom. The van der Waals surface area contributed by atoms with E-state index in [2.05, 4.69) is 26.0 Å². The molecule has 30 heavy (non-hydrogen) atoms. The van der Waals surface area contributed by atoms with Crippen molar-refractivity contribution < 1.29 is 13.2 Å². The Kier molecular flexibility index (Phi) is 5.45. The Labute approximate surface area is 168 Å². The minimum Gasteiger partial charge on any atom is -0.320 e. The third kappa shape index (κ3) is 4.24. The maximum atomic E-state index is 12.3. The minimum atomic E-state index is -3.88. The fourth-order valence-electron chi connectivity index (χ4n) is 2.48. The van der Waals surface area contributed by atoms with Crippen LogP contribution >= 0.6 is 0 Å². The van der Waals surface area contributed by atoms with Crippen LogP contribution in [-0.2, 0) is 14.8 Å². The zero-order valence-electron chi connectivity index (χ0n) is 15.0. The molecule has 1 amide bonds. The van der Waals surface area contributed by atoms with Gasteiger partial charge in [-0.1, -0.05) is 6.07 Å². The second-order valence-electron chi connectivity index (χ2n) is 5.84. The van der Waals surface area contributed by atoms with Crippen LogP contribution in [-0.4, -0.2) is 30.2 Å². The molecule has 0 saturated carbocycles. The van der Waals surface area contributed by atoms with Gasteiger partial charge in [-0.25, -0.2) is 13.6 Å². The fraction of sp³-hybridized carbons (Fsp3) is 0. The number of hydrogen-bond acceptors (Lipinski definition) is 8. The van der Waals surface area contributed by atoms with E-state index in [0.717, 1.165) is 0 Å². The molecule has 0 aliphatic heterocycles. The van der Waals surface area contributed by atoms with E-state index < -0.39 is 32.8 Å². The highest BCUT2D eigenvalue weighted by molar-refractivity contribution is 7.89. The maximum Gasteiger partial charge on any atom is 0.287 e. The summed E-state index contributed by atoms with van der Waals surface area (Å²) in [6, 6.07) is 10.9. The number of hydrogen-bond donors (Lipinski definition) is 5. The third-order valence-corrected chi connectivity index (χ3v) is 4.80. The zero-order chi connectivity index (χ0) is 21.9. The molecule has 1 heterocycles. The Bertz CT molecular complexity index is 1430. The van der Waals surface area contributed by atoms with Crippen molar-refractivity contribution in [2.24, 2.45) is 10.2 Å². The molecule has 0 bridgehead atoms. The lowest BCUT2D eigenvalue weighted by Crippen LogP contribution is -2.23. The number of nitrogens with one attached hydrogen (secondary N) is 4. The average molecular weight is 427 g/mol. The second kappa shape index (κ2) is 7.99. The summed E-state index contributed by atoms with van der Waals surface area (Å²) in [7, 11) is -3.88. The van der Waals surface area contributed by atoms with Crippen LogP contribution in [0.25, 0.3) is 10.8 Å². The first-order valence-corrected chi connectivity index (χ1v) is 9.67. The van der Waals surface area contributed by atoms with Gasteiger partial charge in [0.1, 0.15) is 6.07 Å². The van der Waals surface area contributed by atoms with Crippen molar-refractivity contribution in [3.63, 3.8) is 0 Å². The standard InChI is InChI=1S/C17H13N7O5S/c18-8-13(16(26)20-9-4-6-10(7-5-9)30(19,28)29)22-21-12-3-1-2-11-14(12)17(27)24-23-15(11)25/h1-7,21H,(H,20,26)(H,23,25)(H,24,27)(H2,19,28,29). The minimum absolute atomic E-state index is 0.00119. The number of H-pyrrole nitrogens is 2. The Morgan fingerprint density at radius 3 is 2.37 bits per heavy atom. The summed E-state index contributed by atoms with van der Waals surface area (Å²) < 4.78 is 22.5. The van der Waals surface area contributed by atoms with Crippen LogP contribution in [0.2, 0.25) is 0 Å². The van der Waals surface area contributed by atoms with Gasteiger partial charge in [0.15, 0.2) is 0 Å². The number of carbonyl (C=O) groups excluding carboxylic acids is 1. The number of amides is 1. The molecular formula is C17H13N7O5S. The summed E-state index contributed by atoms with van der Waals surface area (Å²) in [6.45, 7) is 0. The molecule has 0 atom stereocenters. The molecule has 0 fully saturated rings. The highest BCUT2D eigenvalue weighted by Gasteiger charge is 2.14. The van der Waals surface area contributed by atoms with Crippen molar-refractivity contribution in [3.8, 4) is 6.07 Å². The van der Waals surface area contributed by atoms with E-state index in [4.69, 9.17) is 5.14 Å². The molecule has 0 unspecified atom stereocenters. The first-order chi connectivity index (χ1) is 14.2. The van der Waals surface area contributed by atoms with Crippen molar-refractivity contribution in [2.75, 3.05) is 10.7 Å². The lowest BCUT2D eigenvalue weighted by Gasteiger charge is -2.06. The monoisotopic (exact) mass is 427 g/mol. The Morgan fingerprint density at radius 1 is 1.07 bits per heavy atom. The number of hydrazone groups is 1. The van der Waals surface area contributed by atoms with Gasteiger partial charge in [-0.2, -0.15) is 10.4 Å². The molecule has 2 aromatic carbocycles. The number of carbonyl (C=O) groups is 1. The van der Waals surface area contributed by atoms with Crippen LogP contribution in [0.4, 0.5) is 11.4 Å². The van der Waals surface area contributed by atoms with Crippen molar-refractivity contribution >= 4 is 43.8 Å². The highest BCUT2D eigenvalue weighted by Crippen LogP contribution is 2.17. The number of aromatic nitrogens is 2. The number of rotatable bonds is 5. The van der Waals surface area contributed by atoms with Gasteiger partial charge < -0.3 is 5.32 Å². The van der Waals surface area contributed by atoms with Gasteiger partial charge in [-0.15, -0.1) is 0 Å². The largest absolute Gasteiger partial charge is 0.320 e. The van der Waals surface area contributed by atoms with Crippen molar-refractivity contribution in [1.82, 2.24) is 10.2 Å². The van der Waals surface area contributed by atoms with Crippen molar-refractivity contribution in [1.29, 1.82) is 5.26 Å². The molecule has 0 radical (unpaired) electrons. The van der Waals surface area contributed by atoms with Gasteiger partial charge in [0.25, 0.3) is 17.0 Å². The quantitative estimate of drug-likeness (QED) is 0.273. The topological polar surface area (TPSA) is 203 Å². The molecule has 1 aromatic heterocycles. The van der Waals surface area contributed by atoms with Crippen LogP contribution in [0.1, 0.15) is 0 Å². The van der Waals surface area contributed by atoms with Gasteiger partial charge >= 0.3 is 0 Å². The molecule has 6 N–H and O–H groups in total. The molecule has 152 valence electrons. The highest BCUT2D eigenvalue weighted by atomic mass is 32.2. The molecule has 0 saturated heterocycles. The summed E-state index contributed by atoms with van der Waals surface area (Å²) in [5.41, 5.74) is 1.04. The van der Waals surface area contributed by atoms with E-state index in [-0.39, 0.29) is 27.0 Å². The number of nitrogens with two attached hydrogens (primary N) is 1. The Balaban J connectivity index is 1.85. The van der Waals surface area contributed by atoms with Crippen LogP contribution in [0.15, 0.2) is 62.1 Å².